The average molecular weight is 748 g/mol. The lowest BCUT2D eigenvalue weighted by Crippen LogP contribution is -2.60. The Hall–Kier alpha value is -5.30. The van der Waals surface area contributed by atoms with Crippen molar-refractivity contribution < 1.29 is 38.7 Å². The van der Waals surface area contributed by atoms with Gasteiger partial charge in [-0.3, -0.25) is 38.6 Å². The Kier molecular flexibility index (Phi) is 20.1. The van der Waals surface area contributed by atoms with Gasteiger partial charge in [0.15, 0.2) is 5.96 Å². The molecule has 0 saturated heterocycles. The number of benzene rings is 1. The van der Waals surface area contributed by atoms with Crippen molar-refractivity contribution in [2.75, 3.05) is 13.2 Å². The number of carbonyl (C=O) groups excluding carboxylic acids is 7. The molecule has 19 nitrogen and oxygen atoms in total. The zero-order valence-corrected chi connectivity index (χ0v) is 30.8. The molecule has 1 aromatic carbocycles. The number of aliphatic imine (C=N–C) groups is 1. The fourth-order valence-electron chi connectivity index (χ4n) is 5.11. The van der Waals surface area contributed by atoms with Gasteiger partial charge in [0, 0.05) is 13.0 Å². The highest BCUT2D eigenvalue weighted by Crippen LogP contribution is 2.12. The van der Waals surface area contributed by atoms with Crippen molar-refractivity contribution in [3.63, 3.8) is 0 Å². The molecule has 0 radical (unpaired) electrons. The normalized spacial score (nSPS) is 14.4. The number of rotatable bonds is 24. The summed E-state index contributed by atoms with van der Waals surface area (Å²) in [5, 5.41) is 22.2. The number of guanidine groups is 1. The molecule has 296 valence electrons. The molecule has 0 saturated carbocycles. The number of aliphatic hydroxyl groups excluding tert-OH is 1. The van der Waals surface area contributed by atoms with Crippen LogP contribution in [0.5, 0.6) is 0 Å². The lowest BCUT2D eigenvalue weighted by Gasteiger charge is -2.28. The van der Waals surface area contributed by atoms with E-state index in [0.29, 0.717) is 5.56 Å². The quantitative estimate of drug-likeness (QED) is 0.0280. The van der Waals surface area contributed by atoms with E-state index in [0.717, 1.165) is 0 Å². The van der Waals surface area contributed by atoms with Crippen LogP contribution < -0.4 is 55.3 Å². The third kappa shape index (κ3) is 18.2. The first-order chi connectivity index (χ1) is 24.8. The summed E-state index contributed by atoms with van der Waals surface area (Å²) in [6.07, 6.45) is -0.0534. The monoisotopic (exact) mass is 747 g/mol. The number of primary amides is 2. The van der Waals surface area contributed by atoms with Crippen molar-refractivity contribution in [1.29, 1.82) is 0 Å². The molecule has 0 aliphatic rings. The van der Waals surface area contributed by atoms with Gasteiger partial charge in [-0.2, -0.15) is 0 Å². The van der Waals surface area contributed by atoms with Gasteiger partial charge in [-0.05, 0) is 43.1 Å². The lowest BCUT2D eigenvalue weighted by molar-refractivity contribution is -0.135. The maximum absolute atomic E-state index is 13.8. The van der Waals surface area contributed by atoms with Crippen LogP contribution >= 0.6 is 0 Å². The Balaban J connectivity index is 3.33. The third-order valence-corrected chi connectivity index (χ3v) is 7.77. The van der Waals surface area contributed by atoms with Crippen LogP contribution in [0.15, 0.2) is 35.3 Å². The number of carbonyl (C=O) groups is 7. The van der Waals surface area contributed by atoms with Crippen LogP contribution in [0.2, 0.25) is 0 Å². The predicted molar refractivity (Wildman–Crippen MR) is 197 cm³/mol. The molecule has 0 unspecified atom stereocenters. The summed E-state index contributed by atoms with van der Waals surface area (Å²) in [6.45, 7) is 6.74. The lowest BCUT2D eigenvalue weighted by atomic mass is 9.98. The van der Waals surface area contributed by atoms with E-state index in [4.69, 9.17) is 28.7 Å². The number of nitrogens with zero attached hydrogens (tertiary/aromatic N) is 1. The third-order valence-electron chi connectivity index (χ3n) is 7.77. The number of nitrogens with two attached hydrogens (primary N) is 5. The fraction of sp³-hybridized carbons (Fsp3) is 0.588. The Morgan fingerprint density at radius 2 is 1.11 bits per heavy atom. The number of hydrogen-bond donors (Lipinski definition) is 11. The summed E-state index contributed by atoms with van der Waals surface area (Å²) in [4.78, 5) is 94.4. The highest BCUT2D eigenvalue weighted by Gasteiger charge is 2.33. The molecule has 0 bridgehead atoms. The van der Waals surface area contributed by atoms with Crippen molar-refractivity contribution in [2.45, 2.75) is 102 Å². The zero-order chi connectivity index (χ0) is 40.2. The van der Waals surface area contributed by atoms with E-state index < -0.39 is 90.6 Å². The highest BCUT2D eigenvalue weighted by molar-refractivity contribution is 5.97. The van der Waals surface area contributed by atoms with E-state index in [2.05, 4.69) is 31.6 Å². The van der Waals surface area contributed by atoms with E-state index >= 15 is 0 Å². The molecule has 1 aromatic rings. The first kappa shape index (κ1) is 45.7. The van der Waals surface area contributed by atoms with E-state index in [1.54, 1.807) is 30.3 Å². The number of aliphatic hydroxyl groups is 1. The van der Waals surface area contributed by atoms with Crippen molar-refractivity contribution in [2.24, 2.45) is 45.5 Å². The summed E-state index contributed by atoms with van der Waals surface area (Å²) in [5.41, 5.74) is 27.7. The molecular formula is C34H57N11O8. The van der Waals surface area contributed by atoms with E-state index in [1.165, 1.54) is 0 Å². The second-order valence-corrected chi connectivity index (χ2v) is 13.6. The maximum Gasteiger partial charge on any atom is 0.243 e. The average Bonchev–Trinajstić information content (AvgIpc) is 3.07. The molecule has 19 heteroatoms. The summed E-state index contributed by atoms with van der Waals surface area (Å²) >= 11 is 0. The second-order valence-electron chi connectivity index (χ2n) is 13.6. The van der Waals surface area contributed by atoms with Gasteiger partial charge in [0.2, 0.25) is 41.4 Å². The molecule has 53 heavy (non-hydrogen) atoms. The highest BCUT2D eigenvalue weighted by atomic mass is 16.3. The van der Waals surface area contributed by atoms with Crippen molar-refractivity contribution in [3.8, 4) is 0 Å². The molecule has 7 amide bonds. The summed E-state index contributed by atoms with van der Waals surface area (Å²) in [7, 11) is 0. The van der Waals surface area contributed by atoms with Crippen molar-refractivity contribution in [1.82, 2.24) is 26.6 Å². The van der Waals surface area contributed by atoms with Crippen LogP contribution in [-0.4, -0.2) is 102 Å². The first-order valence-electron chi connectivity index (χ1n) is 17.4. The van der Waals surface area contributed by atoms with Gasteiger partial charge in [-0.1, -0.05) is 58.0 Å². The van der Waals surface area contributed by atoms with Gasteiger partial charge in [0.1, 0.15) is 36.3 Å². The standard InChI is InChI=1S/C34H57N11O8/c1-18(2)13-24(31(51)41-22(11-8-12-40-34(38)39)30(50)42-23(28(37)48)16-27(36)47)44-32(52)25(14-19(3)4)45-33(53)26(43-29(49)21(35)17-46)15-20-9-6-5-7-10-20/h5-7,9-10,18-19,21-26,46H,8,11-17,35H2,1-4H3,(H2,36,47)(H2,37,48)(H,41,51)(H,42,50)(H,43,49)(H,44,52)(H,45,53)(H4,38,39,40)/t21-,22-,23-,24-,25-,26+/m0/s1. The largest absolute Gasteiger partial charge is 0.394 e. The Bertz CT molecular complexity index is 1420. The van der Waals surface area contributed by atoms with Gasteiger partial charge < -0.3 is 60.4 Å². The fourth-order valence-corrected chi connectivity index (χ4v) is 5.11. The van der Waals surface area contributed by atoms with Crippen LogP contribution in [0, 0.1) is 11.8 Å². The Labute approximate surface area is 309 Å². The topological polar surface area (TPSA) is 342 Å². The molecule has 6 atom stereocenters. The van der Waals surface area contributed by atoms with Crippen LogP contribution in [0.25, 0.3) is 0 Å². The smallest absolute Gasteiger partial charge is 0.243 e. The second kappa shape index (κ2) is 23.3. The predicted octanol–water partition coefficient (Wildman–Crippen LogP) is -3.52. The molecule has 0 heterocycles. The van der Waals surface area contributed by atoms with Gasteiger partial charge in [0.05, 0.1) is 13.0 Å². The molecule has 16 N–H and O–H groups in total. The van der Waals surface area contributed by atoms with Crippen LogP contribution in [0.1, 0.15) is 65.4 Å². The summed E-state index contributed by atoms with van der Waals surface area (Å²) in [5.74, 6) is -6.10. The first-order valence-corrected chi connectivity index (χ1v) is 17.4. The molecule has 0 fully saturated rings. The number of amides is 7. The minimum absolute atomic E-state index is 0.0146. The van der Waals surface area contributed by atoms with Crippen molar-refractivity contribution >= 4 is 47.3 Å². The van der Waals surface area contributed by atoms with Gasteiger partial charge >= 0.3 is 0 Å². The van der Waals surface area contributed by atoms with Gasteiger partial charge in [-0.15, -0.1) is 0 Å². The zero-order valence-electron chi connectivity index (χ0n) is 30.8. The SMILES string of the molecule is CC(C)C[C@H](NC(=O)[C@H](CC(C)C)NC(=O)[C@@H](Cc1ccccc1)NC(=O)[C@@H](N)CO)C(=O)N[C@@H](CCCN=C(N)N)C(=O)N[C@@H](CC(N)=O)C(N)=O. The van der Waals surface area contributed by atoms with Gasteiger partial charge in [-0.25, -0.2) is 0 Å². The number of nitrogens with one attached hydrogen (secondary N) is 5. The van der Waals surface area contributed by atoms with Crippen LogP contribution in [-0.2, 0) is 40.0 Å². The Morgan fingerprint density at radius 3 is 1.57 bits per heavy atom. The van der Waals surface area contributed by atoms with Crippen LogP contribution in [0.4, 0.5) is 0 Å². The van der Waals surface area contributed by atoms with E-state index in [9.17, 15) is 38.7 Å². The van der Waals surface area contributed by atoms with E-state index in [-0.39, 0.29) is 56.4 Å². The van der Waals surface area contributed by atoms with Crippen LogP contribution in [0.3, 0.4) is 0 Å². The molecule has 0 aliphatic carbocycles. The minimum Gasteiger partial charge on any atom is -0.394 e. The summed E-state index contributed by atoms with van der Waals surface area (Å²) < 4.78 is 0. The van der Waals surface area contributed by atoms with Crippen molar-refractivity contribution in [3.05, 3.63) is 35.9 Å². The maximum atomic E-state index is 13.8. The van der Waals surface area contributed by atoms with Gasteiger partial charge in [0.25, 0.3) is 0 Å². The molecule has 0 spiro atoms. The Morgan fingerprint density at radius 1 is 0.660 bits per heavy atom. The number of hydrogen-bond acceptors (Lipinski definition) is 10. The molecule has 0 aliphatic heterocycles. The minimum atomic E-state index is -1.45. The molecular weight excluding hydrogens is 690 g/mol. The molecule has 0 aromatic heterocycles. The molecule has 1 rings (SSSR count). The van der Waals surface area contributed by atoms with E-state index in [1.807, 2.05) is 27.7 Å². The summed E-state index contributed by atoms with van der Waals surface area (Å²) in [6, 6.07) is 1.29.